The lowest BCUT2D eigenvalue weighted by Crippen LogP contribution is -2.40. The number of rotatable bonds is 5. The smallest absolute Gasteiger partial charge is 0.313 e. The summed E-state index contributed by atoms with van der Waals surface area (Å²) in [5, 5.41) is 12.0. The number of fused-ring (bicyclic) bond motifs is 1. The zero-order chi connectivity index (χ0) is 12.5. The number of carbonyl (C=O) groups excluding carboxylic acids is 1. The molecule has 0 aliphatic carbocycles. The van der Waals surface area contributed by atoms with Crippen LogP contribution in [0.4, 0.5) is 0 Å². The molecule has 2 aliphatic heterocycles. The van der Waals surface area contributed by atoms with Gasteiger partial charge < -0.3 is 15.3 Å². The normalized spacial score (nSPS) is 32.5. The van der Waals surface area contributed by atoms with Crippen molar-refractivity contribution in [2.45, 2.75) is 6.42 Å². The molecule has 17 heavy (non-hydrogen) atoms. The van der Waals surface area contributed by atoms with Crippen LogP contribution in [0.25, 0.3) is 0 Å². The molecule has 2 fully saturated rings. The number of carbonyl (C=O) groups is 2. The molecule has 2 saturated heterocycles. The first-order valence-corrected chi connectivity index (χ1v) is 7.22. The van der Waals surface area contributed by atoms with E-state index in [0.717, 1.165) is 18.7 Å². The molecule has 96 valence electrons. The first-order chi connectivity index (χ1) is 8.10. The lowest BCUT2D eigenvalue weighted by Gasteiger charge is -2.21. The highest BCUT2D eigenvalue weighted by Crippen LogP contribution is 2.39. The predicted octanol–water partition coefficient (Wildman–Crippen LogP) is -0.128. The van der Waals surface area contributed by atoms with Crippen LogP contribution < -0.4 is 5.32 Å². The van der Waals surface area contributed by atoms with Crippen LogP contribution in [0.15, 0.2) is 0 Å². The number of nitrogens with one attached hydrogen (secondary N) is 1. The highest BCUT2D eigenvalue weighted by atomic mass is 32.2. The van der Waals surface area contributed by atoms with Gasteiger partial charge in [-0.25, -0.2) is 0 Å². The van der Waals surface area contributed by atoms with Crippen LogP contribution in [0, 0.1) is 11.3 Å². The van der Waals surface area contributed by atoms with E-state index in [2.05, 4.69) is 16.5 Å². The van der Waals surface area contributed by atoms with Crippen molar-refractivity contribution in [2.24, 2.45) is 11.3 Å². The van der Waals surface area contributed by atoms with Crippen LogP contribution >= 0.6 is 11.8 Å². The highest BCUT2D eigenvalue weighted by Gasteiger charge is 2.59. The Morgan fingerprint density at radius 1 is 1.71 bits per heavy atom. The van der Waals surface area contributed by atoms with E-state index in [4.69, 9.17) is 0 Å². The second-order valence-electron chi connectivity index (χ2n) is 4.81. The van der Waals surface area contributed by atoms with Crippen molar-refractivity contribution in [3.8, 4) is 0 Å². The van der Waals surface area contributed by atoms with Crippen molar-refractivity contribution in [1.29, 1.82) is 0 Å². The SMILES string of the molecule is CSCCCN1C[C@@H]2C(=O)NC[C@]2(C(=O)O)C1. The van der Waals surface area contributed by atoms with Gasteiger partial charge >= 0.3 is 5.97 Å². The third-order valence-corrected chi connectivity index (χ3v) is 4.45. The lowest BCUT2D eigenvalue weighted by atomic mass is 9.81. The first-order valence-electron chi connectivity index (χ1n) is 5.82. The number of carboxylic acids is 1. The molecule has 5 nitrogen and oxygen atoms in total. The Kier molecular flexibility index (Phi) is 3.63. The molecule has 0 unspecified atom stereocenters. The molecule has 2 N–H and O–H groups in total. The summed E-state index contributed by atoms with van der Waals surface area (Å²) < 4.78 is 0. The van der Waals surface area contributed by atoms with Crippen molar-refractivity contribution in [3.63, 3.8) is 0 Å². The van der Waals surface area contributed by atoms with Crippen molar-refractivity contribution < 1.29 is 14.7 Å². The van der Waals surface area contributed by atoms with Crippen molar-refractivity contribution in [3.05, 3.63) is 0 Å². The third-order valence-electron chi connectivity index (χ3n) is 3.76. The minimum Gasteiger partial charge on any atom is -0.481 e. The summed E-state index contributed by atoms with van der Waals surface area (Å²) in [4.78, 5) is 25.2. The Bertz CT molecular complexity index is 337. The number of thioether (sulfide) groups is 1. The molecule has 0 radical (unpaired) electrons. The van der Waals surface area contributed by atoms with Gasteiger partial charge in [0.25, 0.3) is 0 Å². The Morgan fingerprint density at radius 2 is 2.47 bits per heavy atom. The minimum absolute atomic E-state index is 0.0974. The van der Waals surface area contributed by atoms with Gasteiger partial charge in [0.05, 0.1) is 5.92 Å². The fraction of sp³-hybridized carbons (Fsp3) is 0.818. The molecular formula is C11H18N2O3S. The van der Waals surface area contributed by atoms with E-state index in [9.17, 15) is 14.7 Å². The molecule has 2 rings (SSSR count). The lowest BCUT2D eigenvalue weighted by molar-refractivity contribution is -0.149. The topological polar surface area (TPSA) is 69.6 Å². The van der Waals surface area contributed by atoms with Crippen LogP contribution in [0.5, 0.6) is 0 Å². The van der Waals surface area contributed by atoms with E-state index in [0.29, 0.717) is 13.1 Å². The molecule has 2 aliphatic rings. The Hall–Kier alpha value is -0.750. The van der Waals surface area contributed by atoms with Gasteiger partial charge in [-0.1, -0.05) is 0 Å². The molecule has 2 heterocycles. The van der Waals surface area contributed by atoms with Gasteiger partial charge in [-0.2, -0.15) is 11.8 Å². The van der Waals surface area contributed by atoms with Gasteiger partial charge in [-0.05, 0) is 25.0 Å². The molecule has 0 spiro atoms. The Labute approximate surface area is 105 Å². The maximum absolute atomic E-state index is 11.6. The molecule has 0 aromatic carbocycles. The Balaban J connectivity index is 2.01. The summed E-state index contributed by atoms with van der Waals surface area (Å²) in [5.74, 6) is -0.227. The first kappa shape index (κ1) is 12.7. The van der Waals surface area contributed by atoms with E-state index in [1.165, 1.54) is 0 Å². The predicted molar refractivity (Wildman–Crippen MR) is 66.0 cm³/mol. The van der Waals surface area contributed by atoms with Crippen LogP contribution in [0.2, 0.25) is 0 Å². The summed E-state index contributed by atoms with van der Waals surface area (Å²) in [7, 11) is 0. The standard InChI is InChI=1S/C11H18N2O3S/c1-17-4-2-3-13-5-8-9(14)12-6-11(8,7-13)10(15)16/h8H,2-7H2,1H3,(H,12,14)(H,15,16)/t8-,11+/m1/s1. The van der Waals surface area contributed by atoms with Crippen molar-refractivity contribution in [1.82, 2.24) is 10.2 Å². The summed E-state index contributed by atoms with van der Waals surface area (Å²) >= 11 is 1.79. The van der Waals surface area contributed by atoms with Gasteiger partial charge in [0.1, 0.15) is 5.41 Å². The molecule has 0 aromatic heterocycles. The number of hydrogen-bond acceptors (Lipinski definition) is 4. The summed E-state index contributed by atoms with van der Waals surface area (Å²) in [6.45, 7) is 2.26. The average molecular weight is 258 g/mol. The van der Waals surface area contributed by atoms with Gasteiger partial charge in [-0.15, -0.1) is 0 Å². The number of likely N-dealkylation sites (tertiary alicyclic amines) is 1. The van der Waals surface area contributed by atoms with Gasteiger partial charge in [-0.3, -0.25) is 9.59 Å². The fourth-order valence-corrected chi connectivity index (χ4v) is 3.20. The largest absolute Gasteiger partial charge is 0.481 e. The molecule has 0 bridgehead atoms. The Morgan fingerprint density at radius 3 is 3.06 bits per heavy atom. The summed E-state index contributed by atoms with van der Waals surface area (Å²) in [6, 6.07) is 0. The summed E-state index contributed by atoms with van der Waals surface area (Å²) in [6.07, 6.45) is 3.11. The number of carboxylic acid groups (broad SMARTS) is 1. The van der Waals surface area contributed by atoms with Crippen LogP contribution in [-0.2, 0) is 9.59 Å². The minimum atomic E-state index is -0.879. The number of nitrogens with zero attached hydrogens (tertiary/aromatic N) is 1. The third kappa shape index (κ3) is 2.15. The van der Waals surface area contributed by atoms with E-state index in [1.54, 1.807) is 11.8 Å². The fourth-order valence-electron chi connectivity index (χ4n) is 2.78. The maximum Gasteiger partial charge on any atom is 0.313 e. The van der Waals surface area contributed by atoms with Gasteiger partial charge in [0, 0.05) is 19.6 Å². The number of amides is 1. The molecule has 0 saturated carbocycles. The van der Waals surface area contributed by atoms with Gasteiger partial charge in [0.2, 0.25) is 5.91 Å². The quantitative estimate of drug-likeness (QED) is 0.672. The van der Waals surface area contributed by atoms with E-state index in [-0.39, 0.29) is 18.4 Å². The number of hydrogen-bond donors (Lipinski definition) is 2. The zero-order valence-electron chi connectivity index (χ0n) is 9.94. The van der Waals surface area contributed by atoms with Crippen LogP contribution in [-0.4, -0.2) is 60.1 Å². The van der Waals surface area contributed by atoms with Gasteiger partial charge in [0.15, 0.2) is 0 Å². The van der Waals surface area contributed by atoms with Crippen LogP contribution in [0.3, 0.4) is 0 Å². The van der Waals surface area contributed by atoms with E-state index >= 15 is 0 Å². The second-order valence-corrected chi connectivity index (χ2v) is 5.80. The zero-order valence-corrected chi connectivity index (χ0v) is 10.8. The molecule has 1 amide bonds. The highest BCUT2D eigenvalue weighted by molar-refractivity contribution is 7.98. The maximum atomic E-state index is 11.6. The van der Waals surface area contributed by atoms with Crippen LogP contribution in [0.1, 0.15) is 6.42 Å². The molecule has 2 atom stereocenters. The van der Waals surface area contributed by atoms with Crippen molar-refractivity contribution in [2.75, 3.05) is 38.2 Å². The molecule has 0 aromatic rings. The van der Waals surface area contributed by atoms with Crippen molar-refractivity contribution >= 4 is 23.6 Å². The van der Waals surface area contributed by atoms with E-state index < -0.39 is 11.4 Å². The molecular weight excluding hydrogens is 240 g/mol. The average Bonchev–Trinajstić information content (AvgIpc) is 2.79. The van der Waals surface area contributed by atoms with E-state index in [1.807, 2.05) is 0 Å². The number of aliphatic carboxylic acids is 1. The second kappa shape index (κ2) is 4.86. The summed E-state index contributed by atoms with van der Waals surface area (Å²) in [5.41, 5.74) is -0.879. The monoisotopic (exact) mass is 258 g/mol. The molecule has 6 heteroatoms.